The first kappa shape index (κ1) is 32.2. The van der Waals surface area contributed by atoms with Gasteiger partial charge in [-0.15, -0.1) is 0 Å². The molecule has 0 heterocycles. The Kier molecular flexibility index (Phi) is 25.2. The number of unbranched alkanes of at least 4 members (excludes halogenated alkanes) is 20. The van der Waals surface area contributed by atoms with E-state index in [-0.39, 0.29) is 12.1 Å². The molecule has 196 valence electrons. The molecule has 0 aliphatic heterocycles. The van der Waals surface area contributed by atoms with Crippen LogP contribution in [0.1, 0.15) is 175 Å². The second kappa shape index (κ2) is 25.8. The van der Waals surface area contributed by atoms with Gasteiger partial charge >= 0.3 is 5.97 Å². The highest BCUT2D eigenvalue weighted by Crippen LogP contribution is 2.19. The maximum Gasteiger partial charge on any atom is 0.333 e. The first-order valence-corrected chi connectivity index (χ1v) is 15.0. The zero-order chi connectivity index (χ0) is 24.4. The fourth-order valence-electron chi connectivity index (χ4n) is 4.59. The summed E-state index contributed by atoms with van der Waals surface area (Å²) in [6, 6.07) is 0. The minimum Gasteiger partial charge on any atom is -0.459 e. The molecule has 0 amide bonds. The molecule has 0 saturated heterocycles. The van der Waals surface area contributed by atoms with Crippen LogP contribution in [-0.4, -0.2) is 12.1 Å². The van der Waals surface area contributed by atoms with Crippen molar-refractivity contribution in [3.63, 3.8) is 0 Å². The molecule has 0 rings (SSSR count). The van der Waals surface area contributed by atoms with Gasteiger partial charge in [-0.1, -0.05) is 149 Å². The molecular weight excluding hydrogens is 404 g/mol. The Balaban J connectivity index is 3.77. The Hall–Kier alpha value is -0.790. The van der Waals surface area contributed by atoms with Crippen LogP contribution in [0.2, 0.25) is 0 Å². The molecule has 1 unspecified atom stereocenters. The van der Waals surface area contributed by atoms with Crippen LogP contribution in [0.3, 0.4) is 0 Å². The summed E-state index contributed by atoms with van der Waals surface area (Å²) in [5, 5.41) is 0. The van der Waals surface area contributed by atoms with Crippen molar-refractivity contribution in [2.75, 3.05) is 0 Å². The maximum atomic E-state index is 12.0. The van der Waals surface area contributed by atoms with Gasteiger partial charge in [0.1, 0.15) is 6.10 Å². The van der Waals surface area contributed by atoms with Crippen LogP contribution < -0.4 is 0 Å². The van der Waals surface area contributed by atoms with Crippen molar-refractivity contribution in [1.82, 2.24) is 0 Å². The summed E-state index contributed by atoms with van der Waals surface area (Å²) >= 11 is 0. The number of ether oxygens (including phenoxy) is 1. The van der Waals surface area contributed by atoms with Gasteiger partial charge in [-0.3, -0.25) is 0 Å². The lowest BCUT2D eigenvalue weighted by molar-refractivity contribution is -0.145. The summed E-state index contributed by atoms with van der Waals surface area (Å²) < 4.78 is 5.76. The van der Waals surface area contributed by atoms with Crippen LogP contribution in [0.5, 0.6) is 0 Å². The molecule has 0 aromatic heterocycles. The third kappa shape index (κ3) is 24.1. The molecule has 0 radical (unpaired) electrons. The van der Waals surface area contributed by atoms with Gasteiger partial charge in [-0.25, -0.2) is 4.79 Å². The summed E-state index contributed by atoms with van der Waals surface area (Å²) in [7, 11) is 0. The highest BCUT2D eigenvalue weighted by atomic mass is 16.5. The molecule has 0 aliphatic carbocycles. The summed E-state index contributed by atoms with van der Waals surface area (Å²) in [5.41, 5.74) is 0.526. The molecule has 0 aromatic carbocycles. The minimum atomic E-state index is -0.203. The Labute approximate surface area is 208 Å². The monoisotopic (exact) mass is 464 g/mol. The molecule has 1 atom stereocenters. The summed E-state index contributed by atoms with van der Waals surface area (Å²) in [6.07, 6.45) is 32.0. The van der Waals surface area contributed by atoms with E-state index in [1.165, 1.54) is 141 Å². The Bertz CT molecular complexity index is 429. The highest BCUT2D eigenvalue weighted by molar-refractivity contribution is 5.87. The maximum absolute atomic E-state index is 12.0. The molecule has 0 bridgehead atoms. The average Bonchev–Trinajstić information content (AvgIpc) is 2.80. The molecule has 0 N–H and O–H groups in total. The van der Waals surface area contributed by atoms with Crippen molar-refractivity contribution >= 4 is 5.97 Å². The number of carbonyl (C=O) groups is 1. The Morgan fingerprint density at radius 3 is 1.09 bits per heavy atom. The third-order valence-electron chi connectivity index (χ3n) is 6.88. The second-order valence-corrected chi connectivity index (χ2v) is 10.5. The van der Waals surface area contributed by atoms with Gasteiger partial charge in [0.15, 0.2) is 0 Å². The van der Waals surface area contributed by atoms with Crippen LogP contribution in [0.25, 0.3) is 0 Å². The first-order valence-electron chi connectivity index (χ1n) is 15.0. The topological polar surface area (TPSA) is 26.3 Å². The molecule has 33 heavy (non-hydrogen) atoms. The van der Waals surface area contributed by atoms with Crippen molar-refractivity contribution in [2.24, 2.45) is 0 Å². The van der Waals surface area contributed by atoms with Gasteiger partial charge in [0.25, 0.3) is 0 Å². The lowest BCUT2D eigenvalue weighted by Crippen LogP contribution is -2.18. The lowest BCUT2D eigenvalue weighted by atomic mass is 10.0. The van der Waals surface area contributed by atoms with E-state index in [0.717, 1.165) is 12.8 Å². The lowest BCUT2D eigenvalue weighted by Gasteiger charge is -2.18. The van der Waals surface area contributed by atoms with Crippen LogP contribution in [0, 0.1) is 0 Å². The van der Waals surface area contributed by atoms with E-state index in [1.807, 2.05) is 0 Å². The van der Waals surface area contributed by atoms with Crippen molar-refractivity contribution in [3.05, 3.63) is 12.2 Å². The van der Waals surface area contributed by atoms with Gasteiger partial charge in [0, 0.05) is 5.57 Å². The van der Waals surface area contributed by atoms with Crippen LogP contribution in [-0.2, 0) is 9.53 Å². The van der Waals surface area contributed by atoms with E-state index in [1.54, 1.807) is 6.92 Å². The van der Waals surface area contributed by atoms with E-state index in [4.69, 9.17) is 4.74 Å². The van der Waals surface area contributed by atoms with E-state index in [0.29, 0.717) is 5.57 Å². The Morgan fingerprint density at radius 2 is 0.818 bits per heavy atom. The number of rotatable bonds is 26. The second-order valence-electron chi connectivity index (χ2n) is 10.5. The predicted octanol–water partition coefficient (Wildman–Crippen LogP) is 10.9. The number of esters is 1. The average molecular weight is 465 g/mol. The smallest absolute Gasteiger partial charge is 0.333 e. The number of carbonyl (C=O) groups excluding carboxylic acids is 1. The number of hydrogen-bond donors (Lipinski definition) is 0. The van der Waals surface area contributed by atoms with Crippen LogP contribution >= 0.6 is 0 Å². The van der Waals surface area contributed by atoms with Gasteiger partial charge in [0.2, 0.25) is 0 Å². The van der Waals surface area contributed by atoms with Crippen molar-refractivity contribution in [1.29, 1.82) is 0 Å². The molecule has 0 saturated carbocycles. The molecule has 0 aliphatic rings. The van der Waals surface area contributed by atoms with Crippen molar-refractivity contribution < 1.29 is 9.53 Å². The quantitative estimate of drug-likeness (QED) is 0.0722. The number of hydrogen-bond acceptors (Lipinski definition) is 2. The first-order chi connectivity index (χ1) is 16.1. The third-order valence-corrected chi connectivity index (χ3v) is 6.88. The standard InChI is InChI=1S/C31H60O2/c1-5-7-9-11-13-15-17-18-20-22-24-26-28-30(33-31(32)29(3)4)27-25-23-21-19-16-14-12-10-8-6-2/h30H,3,5-28H2,1-2,4H3. The summed E-state index contributed by atoms with van der Waals surface area (Å²) in [5.74, 6) is -0.203. The predicted molar refractivity (Wildman–Crippen MR) is 147 cm³/mol. The fourth-order valence-corrected chi connectivity index (χ4v) is 4.59. The van der Waals surface area contributed by atoms with Gasteiger partial charge in [0.05, 0.1) is 0 Å². The highest BCUT2D eigenvalue weighted by Gasteiger charge is 2.14. The molecule has 2 heteroatoms. The normalized spacial score (nSPS) is 12.1. The van der Waals surface area contributed by atoms with Crippen LogP contribution in [0.4, 0.5) is 0 Å². The van der Waals surface area contributed by atoms with Gasteiger partial charge in [-0.05, 0) is 32.6 Å². The van der Waals surface area contributed by atoms with Crippen LogP contribution in [0.15, 0.2) is 12.2 Å². The Morgan fingerprint density at radius 1 is 0.545 bits per heavy atom. The van der Waals surface area contributed by atoms with Crippen molar-refractivity contribution in [2.45, 2.75) is 181 Å². The SMILES string of the molecule is C=C(C)C(=O)OC(CCCCCCCCCCCC)CCCCCCCCCCCCCC. The summed E-state index contributed by atoms with van der Waals surface area (Å²) in [4.78, 5) is 12.0. The van der Waals surface area contributed by atoms with E-state index >= 15 is 0 Å². The van der Waals surface area contributed by atoms with Gasteiger partial charge in [-0.2, -0.15) is 0 Å². The summed E-state index contributed by atoms with van der Waals surface area (Å²) in [6.45, 7) is 10.1. The van der Waals surface area contributed by atoms with Crippen molar-refractivity contribution in [3.8, 4) is 0 Å². The molecule has 0 fully saturated rings. The molecule has 2 nitrogen and oxygen atoms in total. The molecule has 0 aromatic rings. The fraction of sp³-hybridized carbons (Fsp3) is 0.903. The zero-order valence-corrected chi connectivity index (χ0v) is 23.1. The van der Waals surface area contributed by atoms with E-state index in [9.17, 15) is 4.79 Å². The molecule has 0 spiro atoms. The van der Waals surface area contributed by atoms with Gasteiger partial charge < -0.3 is 4.74 Å². The minimum absolute atomic E-state index is 0.0892. The zero-order valence-electron chi connectivity index (χ0n) is 23.1. The van der Waals surface area contributed by atoms with E-state index < -0.39 is 0 Å². The largest absolute Gasteiger partial charge is 0.459 e. The van der Waals surface area contributed by atoms with E-state index in [2.05, 4.69) is 20.4 Å². The molecular formula is C31H60O2.